The first-order chi connectivity index (χ1) is 8.40. The Hall–Kier alpha value is -0.120. The second-order valence-corrected chi connectivity index (χ2v) is 5.65. The summed E-state index contributed by atoms with van der Waals surface area (Å²) in [5.41, 5.74) is 0. The number of fused-ring (bicyclic) bond motifs is 1. The average Bonchev–Trinajstić information content (AvgIpc) is 3.00. The highest BCUT2D eigenvalue weighted by atomic mass is 16.5. The van der Waals surface area contributed by atoms with Crippen molar-refractivity contribution in [3.8, 4) is 0 Å². The van der Waals surface area contributed by atoms with E-state index in [4.69, 9.17) is 9.47 Å². The van der Waals surface area contributed by atoms with Crippen molar-refractivity contribution in [2.24, 2.45) is 0 Å². The number of piperidine rings is 1. The summed E-state index contributed by atoms with van der Waals surface area (Å²) in [6, 6.07) is 1.48. The van der Waals surface area contributed by atoms with Crippen molar-refractivity contribution in [1.29, 1.82) is 0 Å². The van der Waals surface area contributed by atoms with E-state index in [2.05, 4.69) is 11.8 Å². The fraction of sp³-hybridized carbons (Fsp3) is 1.00. The lowest BCUT2D eigenvalue weighted by Gasteiger charge is -2.44. The molecule has 2 saturated heterocycles. The average molecular weight is 239 g/mol. The third kappa shape index (κ3) is 2.25. The molecule has 1 saturated carbocycles. The summed E-state index contributed by atoms with van der Waals surface area (Å²) in [5.74, 6) is 0. The summed E-state index contributed by atoms with van der Waals surface area (Å²) in [4.78, 5) is 2.75. The standard InChI is InChI=1S/C14H25NO2/c1-2-16-13-7-9-15(11-5-3-4-6-11)12-8-10-17-14(12)13/h11-14H,2-10H2,1H3/t12-,13+,14-/m0/s1. The zero-order chi connectivity index (χ0) is 11.7. The predicted molar refractivity (Wildman–Crippen MR) is 67.1 cm³/mol. The van der Waals surface area contributed by atoms with Crippen LogP contribution in [0.5, 0.6) is 0 Å². The van der Waals surface area contributed by atoms with Gasteiger partial charge in [0.05, 0.1) is 12.2 Å². The number of hydrogen-bond donors (Lipinski definition) is 0. The summed E-state index contributed by atoms with van der Waals surface area (Å²) in [7, 11) is 0. The van der Waals surface area contributed by atoms with Gasteiger partial charge in [-0.05, 0) is 32.6 Å². The van der Waals surface area contributed by atoms with Gasteiger partial charge in [0.1, 0.15) is 0 Å². The third-order valence-electron chi connectivity index (χ3n) is 4.74. The van der Waals surface area contributed by atoms with Crippen molar-refractivity contribution in [2.45, 2.75) is 69.7 Å². The molecule has 0 spiro atoms. The lowest BCUT2D eigenvalue weighted by atomic mass is 9.93. The zero-order valence-corrected chi connectivity index (χ0v) is 10.9. The van der Waals surface area contributed by atoms with E-state index in [9.17, 15) is 0 Å². The van der Waals surface area contributed by atoms with Gasteiger partial charge in [-0.15, -0.1) is 0 Å². The molecule has 1 aliphatic carbocycles. The number of likely N-dealkylation sites (tertiary alicyclic amines) is 1. The van der Waals surface area contributed by atoms with Crippen LogP contribution in [0.3, 0.4) is 0 Å². The minimum atomic E-state index is 0.351. The van der Waals surface area contributed by atoms with E-state index in [0.29, 0.717) is 18.2 Å². The van der Waals surface area contributed by atoms with Gasteiger partial charge in [-0.2, -0.15) is 0 Å². The maximum Gasteiger partial charge on any atom is 0.0992 e. The monoisotopic (exact) mass is 239 g/mol. The summed E-state index contributed by atoms with van der Waals surface area (Å²) < 4.78 is 11.8. The quantitative estimate of drug-likeness (QED) is 0.753. The minimum Gasteiger partial charge on any atom is -0.376 e. The Kier molecular flexibility index (Phi) is 3.69. The lowest BCUT2D eigenvalue weighted by molar-refractivity contribution is -0.102. The third-order valence-corrected chi connectivity index (χ3v) is 4.74. The van der Waals surface area contributed by atoms with Crippen LogP contribution in [0.4, 0.5) is 0 Å². The topological polar surface area (TPSA) is 21.7 Å². The SMILES string of the molecule is CCO[C@@H]1CCN(C2CCCC2)[C@H]2CCO[C@H]12. The van der Waals surface area contributed by atoms with E-state index < -0.39 is 0 Å². The van der Waals surface area contributed by atoms with Crippen LogP contribution in [0.25, 0.3) is 0 Å². The first kappa shape index (κ1) is 11.9. The van der Waals surface area contributed by atoms with Crippen LogP contribution in [0.2, 0.25) is 0 Å². The largest absolute Gasteiger partial charge is 0.376 e. The van der Waals surface area contributed by atoms with Gasteiger partial charge in [0, 0.05) is 31.8 Å². The van der Waals surface area contributed by atoms with Crippen molar-refractivity contribution in [3.05, 3.63) is 0 Å². The molecule has 3 atom stereocenters. The summed E-state index contributed by atoms with van der Waals surface area (Å²) in [5, 5.41) is 0. The van der Waals surface area contributed by atoms with Crippen molar-refractivity contribution in [2.75, 3.05) is 19.8 Å². The van der Waals surface area contributed by atoms with Crippen LogP contribution in [0.1, 0.15) is 45.4 Å². The Morgan fingerprint density at radius 2 is 2.00 bits per heavy atom. The maximum absolute atomic E-state index is 5.95. The van der Waals surface area contributed by atoms with Gasteiger partial charge >= 0.3 is 0 Å². The van der Waals surface area contributed by atoms with Crippen LogP contribution in [-0.4, -0.2) is 49.0 Å². The summed E-state index contributed by atoms with van der Waals surface area (Å²) in [6.45, 7) is 5.07. The molecule has 17 heavy (non-hydrogen) atoms. The maximum atomic E-state index is 5.95. The normalized spacial score (nSPS) is 39.7. The van der Waals surface area contributed by atoms with Crippen LogP contribution < -0.4 is 0 Å². The van der Waals surface area contributed by atoms with E-state index in [0.717, 1.165) is 25.7 Å². The number of nitrogens with zero attached hydrogens (tertiary/aromatic N) is 1. The van der Waals surface area contributed by atoms with E-state index in [1.165, 1.54) is 38.6 Å². The fourth-order valence-electron chi connectivity index (χ4n) is 4.00. The molecular formula is C14H25NO2. The van der Waals surface area contributed by atoms with Gasteiger partial charge in [-0.1, -0.05) is 12.8 Å². The molecule has 0 N–H and O–H groups in total. The first-order valence-corrected chi connectivity index (χ1v) is 7.39. The van der Waals surface area contributed by atoms with Crippen molar-refractivity contribution < 1.29 is 9.47 Å². The molecule has 0 bridgehead atoms. The summed E-state index contributed by atoms with van der Waals surface area (Å²) in [6.07, 6.45) is 8.73. The van der Waals surface area contributed by atoms with E-state index in [-0.39, 0.29) is 0 Å². The molecule has 0 unspecified atom stereocenters. The molecular weight excluding hydrogens is 214 g/mol. The summed E-state index contributed by atoms with van der Waals surface area (Å²) >= 11 is 0. The highest BCUT2D eigenvalue weighted by Crippen LogP contribution is 2.35. The highest BCUT2D eigenvalue weighted by molar-refractivity contribution is 4.97. The molecule has 3 nitrogen and oxygen atoms in total. The van der Waals surface area contributed by atoms with Crippen molar-refractivity contribution in [1.82, 2.24) is 4.90 Å². The molecule has 0 aromatic heterocycles. The van der Waals surface area contributed by atoms with Crippen LogP contribution in [0, 0.1) is 0 Å². The Morgan fingerprint density at radius 3 is 2.76 bits per heavy atom. The molecule has 0 aromatic carbocycles. The Bertz CT molecular complexity index is 253. The van der Waals surface area contributed by atoms with Gasteiger partial charge in [0.15, 0.2) is 0 Å². The molecule has 0 aromatic rings. The van der Waals surface area contributed by atoms with Crippen LogP contribution in [-0.2, 0) is 9.47 Å². The highest BCUT2D eigenvalue weighted by Gasteiger charge is 2.44. The Morgan fingerprint density at radius 1 is 1.18 bits per heavy atom. The molecule has 2 heterocycles. The van der Waals surface area contributed by atoms with Crippen molar-refractivity contribution in [3.63, 3.8) is 0 Å². The number of hydrogen-bond acceptors (Lipinski definition) is 3. The van der Waals surface area contributed by atoms with Gasteiger partial charge < -0.3 is 9.47 Å². The van der Waals surface area contributed by atoms with Gasteiger partial charge in [0.25, 0.3) is 0 Å². The Labute approximate surface area is 104 Å². The van der Waals surface area contributed by atoms with E-state index >= 15 is 0 Å². The Balaban J connectivity index is 1.68. The van der Waals surface area contributed by atoms with Gasteiger partial charge in [-0.3, -0.25) is 4.90 Å². The molecule has 98 valence electrons. The fourth-order valence-corrected chi connectivity index (χ4v) is 4.00. The van der Waals surface area contributed by atoms with Gasteiger partial charge in [0.2, 0.25) is 0 Å². The molecule has 0 radical (unpaired) electrons. The molecule has 3 aliphatic rings. The van der Waals surface area contributed by atoms with E-state index in [1.54, 1.807) is 0 Å². The molecule has 3 fully saturated rings. The molecule has 3 rings (SSSR count). The smallest absolute Gasteiger partial charge is 0.0992 e. The second kappa shape index (κ2) is 5.25. The van der Waals surface area contributed by atoms with E-state index in [1.807, 2.05) is 0 Å². The number of rotatable bonds is 3. The molecule has 2 aliphatic heterocycles. The second-order valence-electron chi connectivity index (χ2n) is 5.65. The first-order valence-electron chi connectivity index (χ1n) is 7.39. The van der Waals surface area contributed by atoms with Gasteiger partial charge in [-0.25, -0.2) is 0 Å². The lowest BCUT2D eigenvalue weighted by Crippen LogP contribution is -2.56. The number of ether oxygens (including phenoxy) is 2. The predicted octanol–water partition coefficient (Wildman–Crippen LogP) is 2.20. The van der Waals surface area contributed by atoms with Crippen molar-refractivity contribution >= 4 is 0 Å². The van der Waals surface area contributed by atoms with Crippen LogP contribution in [0.15, 0.2) is 0 Å². The molecule has 3 heteroatoms. The molecule has 0 amide bonds. The van der Waals surface area contributed by atoms with Crippen LogP contribution >= 0.6 is 0 Å². The zero-order valence-electron chi connectivity index (χ0n) is 10.9. The minimum absolute atomic E-state index is 0.351.